The largest absolute Gasteiger partial charge is 0.355 e. The summed E-state index contributed by atoms with van der Waals surface area (Å²) in [4.78, 5) is 10.8. The van der Waals surface area contributed by atoms with Crippen LogP contribution in [-0.2, 0) is 17.1 Å². The number of halogens is 5. The summed E-state index contributed by atoms with van der Waals surface area (Å²) in [5, 5.41) is 0. The molecule has 5 heterocycles. The van der Waals surface area contributed by atoms with Crippen LogP contribution in [0.25, 0.3) is 57.0 Å². The second-order valence-electron chi connectivity index (χ2n) is 7.95. The Bertz CT molecular complexity index is 1750. The average molecular weight is 531 g/mol. The van der Waals surface area contributed by atoms with Gasteiger partial charge in [0.15, 0.2) is 23.3 Å². The number of rotatable bonds is 1. The van der Waals surface area contributed by atoms with Crippen LogP contribution in [0, 0.1) is 11.6 Å². The minimum Gasteiger partial charge on any atom is -0.355 e. The summed E-state index contributed by atoms with van der Waals surface area (Å²) in [5.74, 6) is -6.05. The molecule has 0 saturated heterocycles. The molecule has 6 rings (SSSR count). The van der Waals surface area contributed by atoms with Crippen molar-refractivity contribution in [3.05, 3.63) is 95.1 Å². The van der Waals surface area contributed by atoms with Crippen LogP contribution >= 0.6 is 0 Å². The van der Waals surface area contributed by atoms with Crippen molar-refractivity contribution >= 4 is 45.9 Å². The van der Waals surface area contributed by atoms with E-state index in [-0.39, 0.29) is 44.2 Å². The molecule has 0 aliphatic carbocycles. The van der Waals surface area contributed by atoms with E-state index in [0.29, 0.717) is 16.7 Å². The van der Waals surface area contributed by atoms with Crippen LogP contribution in [0.3, 0.4) is 0 Å². The molecule has 10 heteroatoms. The topological polar surface area (TPSA) is 46.5 Å². The van der Waals surface area contributed by atoms with Gasteiger partial charge in [0.2, 0.25) is 0 Å². The summed E-state index contributed by atoms with van der Waals surface area (Å²) in [5.41, 5.74) is -1.44. The first-order chi connectivity index (χ1) is 16.9. The van der Waals surface area contributed by atoms with Crippen LogP contribution in [0.4, 0.5) is 22.0 Å². The van der Waals surface area contributed by atoms with E-state index < -0.39 is 40.2 Å². The van der Waals surface area contributed by atoms with Gasteiger partial charge >= 0.3 is 0 Å². The second kappa shape index (κ2) is 8.89. The van der Waals surface area contributed by atoms with E-state index in [9.17, 15) is 8.78 Å². The van der Waals surface area contributed by atoms with Gasteiger partial charge in [0.1, 0.15) is 16.9 Å². The van der Waals surface area contributed by atoms with Crippen LogP contribution in [0.1, 0.15) is 22.8 Å². The van der Waals surface area contributed by atoms with Crippen molar-refractivity contribution in [2.75, 3.05) is 0 Å². The van der Waals surface area contributed by atoms with Crippen molar-refractivity contribution in [3.8, 4) is 11.1 Å². The van der Waals surface area contributed by atoms with E-state index in [2.05, 4.69) is 15.0 Å². The number of hydrogen-bond acceptors (Lipinski definition) is 2. The molecule has 0 fully saturated rings. The molecule has 1 aromatic carbocycles. The first-order valence-corrected chi connectivity index (χ1v) is 10.5. The van der Waals surface area contributed by atoms with Crippen molar-refractivity contribution in [2.24, 2.45) is 0 Å². The minimum atomic E-state index is -1.68. The average Bonchev–Trinajstić information content (AvgIpc) is 3.60. The number of nitrogens with one attached hydrogen (secondary N) is 1. The molecule has 0 spiro atoms. The number of benzene rings is 1. The first kappa shape index (κ1) is 23.7. The number of hydrogen-bond donors (Lipinski definition) is 1. The van der Waals surface area contributed by atoms with E-state index in [4.69, 9.17) is 0 Å². The van der Waals surface area contributed by atoms with Crippen molar-refractivity contribution in [3.63, 3.8) is 0 Å². The molecular formula is C26H13F5MnN4. The Morgan fingerprint density at radius 1 is 0.722 bits per heavy atom. The molecule has 1 radical (unpaired) electrons. The van der Waals surface area contributed by atoms with Crippen molar-refractivity contribution in [1.29, 1.82) is 0 Å². The Kier molecular flexibility index (Phi) is 5.86. The Hall–Kier alpha value is -4.01. The molecule has 2 aliphatic rings. The Labute approximate surface area is 210 Å². The van der Waals surface area contributed by atoms with Gasteiger partial charge in [-0.2, -0.15) is 4.79 Å². The number of aromatic nitrogens is 4. The fourth-order valence-corrected chi connectivity index (χ4v) is 4.11. The zero-order valence-electron chi connectivity index (χ0n) is 18.0. The van der Waals surface area contributed by atoms with Crippen LogP contribution < -0.4 is 0 Å². The van der Waals surface area contributed by atoms with E-state index in [1.165, 1.54) is 24.3 Å². The van der Waals surface area contributed by atoms with Gasteiger partial charge in [0, 0.05) is 33.7 Å². The van der Waals surface area contributed by atoms with Gasteiger partial charge in [-0.25, -0.2) is 27.5 Å². The molecule has 0 atom stereocenters. The molecule has 3 aromatic heterocycles. The molecule has 36 heavy (non-hydrogen) atoms. The molecule has 1 N–H and O–H groups in total. The fourth-order valence-electron chi connectivity index (χ4n) is 4.11. The first-order valence-electron chi connectivity index (χ1n) is 10.5. The summed E-state index contributed by atoms with van der Waals surface area (Å²) in [6, 6.07) is 15.3. The van der Waals surface area contributed by atoms with Crippen molar-refractivity contribution in [2.45, 2.75) is 0 Å². The molecule has 2 aliphatic heterocycles. The molecular weight excluding hydrogens is 518 g/mol. The fraction of sp³-hybridized carbons (Fsp3) is 0. The quantitative estimate of drug-likeness (QED) is 0.181. The third-order valence-electron chi connectivity index (χ3n) is 5.72. The predicted octanol–water partition coefficient (Wildman–Crippen LogP) is 7.40. The van der Waals surface area contributed by atoms with Gasteiger partial charge in [-0.3, -0.25) is 0 Å². The standard InChI is InChI=1S/C26H13F5N4.Mn/c27-21-18-11-16-8-6-14(32-16)10-15-7-9-17(33-15)12-19-20(13-4-2-1-3-5-13)22(28)26(35(19)31)24(30)25(34-18)23(21)29;/h1-12,32H;. The third kappa shape index (κ3) is 3.75. The maximum atomic E-state index is 15.6. The number of aromatic amines is 1. The van der Waals surface area contributed by atoms with Gasteiger partial charge in [-0.05, 0) is 48.0 Å². The molecule has 4 nitrogen and oxygen atoms in total. The molecule has 0 unspecified atom stereocenters. The van der Waals surface area contributed by atoms with E-state index in [1.807, 2.05) is 0 Å². The van der Waals surface area contributed by atoms with E-state index >= 15 is 13.3 Å². The maximum Gasteiger partial charge on any atom is 0.189 e. The van der Waals surface area contributed by atoms with Crippen LogP contribution in [-0.4, -0.2) is 19.7 Å². The summed E-state index contributed by atoms with van der Waals surface area (Å²) < 4.78 is 75.9. The molecule has 179 valence electrons. The van der Waals surface area contributed by atoms with Gasteiger partial charge in [-0.15, -0.1) is 0 Å². The number of nitrogens with zero attached hydrogens (tertiary/aromatic N) is 3. The number of fused-ring (bicyclic) bond motifs is 8. The van der Waals surface area contributed by atoms with Crippen LogP contribution in [0.5, 0.6) is 0 Å². The van der Waals surface area contributed by atoms with Gasteiger partial charge < -0.3 is 4.98 Å². The minimum absolute atomic E-state index is 0. The summed E-state index contributed by atoms with van der Waals surface area (Å²) in [6.07, 6.45) is 3.27. The second-order valence-corrected chi connectivity index (χ2v) is 7.95. The smallest absolute Gasteiger partial charge is 0.189 e. The van der Waals surface area contributed by atoms with Gasteiger partial charge in [-0.1, -0.05) is 34.8 Å². The number of H-pyrrole nitrogens is 1. The predicted molar refractivity (Wildman–Crippen MR) is 124 cm³/mol. The molecule has 8 bridgehead atoms. The molecule has 0 saturated carbocycles. The molecule has 0 amide bonds. The maximum absolute atomic E-state index is 15.6. The Morgan fingerprint density at radius 3 is 2.11 bits per heavy atom. The van der Waals surface area contributed by atoms with Gasteiger partial charge in [0.05, 0.1) is 16.9 Å². The van der Waals surface area contributed by atoms with E-state index in [1.54, 1.807) is 48.6 Å². The van der Waals surface area contributed by atoms with Crippen LogP contribution in [0.15, 0.2) is 60.7 Å². The monoisotopic (exact) mass is 531 g/mol. The molecule has 4 aromatic rings. The van der Waals surface area contributed by atoms with Crippen LogP contribution in [0.2, 0.25) is 0 Å². The summed E-state index contributed by atoms with van der Waals surface area (Å²) in [7, 11) is 0. The Balaban J connectivity index is 0.00000267. The zero-order valence-corrected chi connectivity index (χ0v) is 19.2. The summed E-state index contributed by atoms with van der Waals surface area (Å²) >= 11 is 0. The van der Waals surface area contributed by atoms with Crippen molar-refractivity contribution in [1.82, 2.24) is 19.7 Å². The summed E-state index contributed by atoms with van der Waals surface area (Å²) in [6.45, 7) is 0. The van der Waals surface area contributed by atoms with Gasteiger partial charge in [0.25, 0.3) is 0 Å². The van der Waals surface area contributed by atoms with Crippen molar-refractivity contribution < 1.29 is 39.1 Å². The Morgan fingerprint density at radius 2 is 1.39 bits per heavy atom. The third-order valence-corrected chi connectivity index (χ3v) is 5.72. The van der Waals surface area contributed by atoms with E-state index in [0.717, 1.165) is 0 Å². The zero-order chi connectivity index (χ0) is 24.3. The SMILES string of the molecule is FC1=C(F)c2nc1cc1ccc(cc3nc(cc4c(-c5ccccc5)c(F)c(c2F)n4F)C=C3)[nH]1.[Mn]. The normalized spacial score (nSPS) is 12.7.